The maximum Gasteiger partial charge on any atom is 0.227 e. The zero-order valence-corrected chi connectivity index (χ0v) is 15.5. The average Bonchev–Trinajstić information content (AvgIpc) is 3.25. The smallest absolute Gasteiger partial charge is 0.227 e. The van der Waals surface area contributed by atoms with Crippen molar-refractivity contribution in [3.05, 3.63) is 18.2 Å². The van der Waals surface area contributed by atoms with Gasteiger partial charge in [0.25, 0.3) is 0 Å². The van der Waals surface area contributed by atoms with Gasteiger partial charge in [0.05, 0.1) is 12.8 Å². The molecule has 1 heterocycles. The highest BCUT2D eigenvalue weighted by Crippen LogP contribution is 2.49. The van der Waals surface area contributed by atoms with Crippen LogP contribution < -0.4 is 15.0 Å². The summed E-state index contributed by atoms with van der Waals surface area (Å²) in [6.07, 6.45) is 8.32. The van der Waals surface area contributed by atoms with Gasteiger partial charge in [0.15, 0.2) is 0 Å². The van der Waals surface area contributed by atoms with Crippen molar-refractivity contribution < 1.29 is 14.3 Å². The van der Waals surface area contributed by atoms with E-state index in [2.05, 4.69) is 5.32 Å². The summed E-state index contributed by atoms with van der Waals surface area (Å²) >= 11 is 0. The number of methoxy groups -OCH3 is 1. The van der Waals surface area contributed by atoms with Crippen LogP contribution >= 0.6 is 0 Å². The minimum absolute atomic E-state index is 0.0867. The molecule has 4 rings (SSSR count). The fraction of sp³-hybridized carbons (Fsp3) is 0.619. The predicted octanol–water partition coefficient (Wildman–Crippen LogP) is 3.98. The summed E-state index contributed by atoms with van der Waals surface area (Å²) in [5.41, 5.74) is 1.50. The molecule has 3 fully saturated rings. The number of hydrogen-bond donors (Lipinski definition) is 1. The van der Waals surface area contributed by atoms with Gasteiger partial charge in [-0.25, -0.2) is 0 Å². The molecule has 140 valence electrons. The third-order valence-corrected chi connectivity index (χ3v) is 6.41. The number of anilines is 2. The minimum atomic E-state index is 0.0867. The Balaban J connectivity index is 1.45. The lowest BCUT2D eigenvalue weighted by Gasteiger charge is -2.28. The van der Waals surface area contributed by atoms with Crippen LogP contribution in [0.2, 0.25) is 0 Å². The van der Waals surface area contributed by atoms with Crippen LogP contribution in [-0.4, -0.2) is 25.5 Å². The third-order valence-electron chi connectivity index (χ3n) is 6.41. The molecule has 1 aromatic carbocycles. The summed E-state index contributed by atoms with van der Waals surface area (Å²) in [4.78, 5) is 26.6. The first-order valence-electron chi connectivity index (χ1n) is 9.92. The van der Waals surface area contributed by atoms with E-state index in [9.17, 15) is 9.59 Å². The second-order valence-corrected chi connectivity index (χ2v) is 8.08. The normalized spacial score (nSPS) is 27.7. The number of amides is 2. The first-order chi connectivity index (χ1) is 12.6. The number of carbonyl (C=O) groups is 2. The molecule has 2 bridgehead atoms. The molecular formula is C21H28N2O3. The molecule has 0 aromatic heterocycles. The molecule has 1 saturated heterocycles. The molecule has 2 saturated carbocycles. The van der Waals surface area contributed by atoms with Gasteiger partial charge in [0.1, 0.15) is 5.75 Å². The molecular weight excluding hydrogens is 328 g/mol. The quantitative estimate of drug-likeness (QED) is 0.868. The highest BCUT2D eigenvalue weighted by Gasteiger charge is 2.40. The topological polar surface area (TPSA) is 58.6 Å². The van der Waals surface area contributed by atoms with E-state index in [1.54, 1.807) is 12.0 Å². The van der Waals surface area contributed by atoms with Gasteiger partial charge in [0, 0.05) is 25.1 Å². The molecule has 5 heteroatoms. The number of hydrogen-bond acceptors (Lipinski definition) is 3. The van der Waals surface area contributed by atoms with Crippen molar-refractivity contribution >= 4 is 23.2 Å². The first kappa shape index (κ1) is 17.4. The summed E-state index contributed by atoms with van der Waals surface area (Å²) in [6, 6.07) is 5.57. The van der Waals surface area contributed by atoms with Gasteiger partial charge >= 0.3 is 0 Å². The van der Waals surface area contributed by atoms with Gasteiger partial charge in [-0.15, -0.1) is 0 Å². The number of carbonyl (C=O) groups excluding carboxylic acids is 2. The van der Waals surface area contributed by atoms with Gasteiger partial charge < -0.3 is 15.0 Å². The van der Waals surface area contributed by atoms with Crippen molar-refractivity contribution in [3.8, 4) is 5.75 Å². The fourth-order valence-corrected chi connectivity index (χ4v) is 5.12. The molecule has 3 unspecified atom stereocenters. The average molecular weight is 356 g/mol. The number of rotatable bonds is 5. The lowest BCUT2D eigenvalue weighted by Crippen LogP contribution is -2.35. The highest BCUT2D eigenvalue weighted by atomic mass is 16.5. The first-order valence-corrected chi connectivity index (χ1v) is 9.92. The molecule has 2 aliphatic carbocycles. The minimum Gasteiger partial charge on any atom is -0.495 e. The van der Waals surface area contributed by atoms with E-state index >= 15 is 0 Å². The zero-order valence-electron chi connectivity index (χ0n) is 15.5. The van der Waals surface area contributed by atoms with Gasteiger partial charge in [-0.1, -0.05) is 6.42 Å². The van der Waals surface area contributed by atoms with Crippen LogP contribution in [0.3, 0.4) is 0 Å². The maximum atomic E-state index is 12.5. The van der Waals surface area contributed by atoms with Gasteiger partial charge in [-0.05, 0) is 68.1 Å². The molecule has 5 nitrogen and oxygen atoms in total. The molecule has 1 aromatic rings. The van der Waals surface area contributed by atoms with Crippen molar-refractivity contribution in [1.82, 2.24) is 0 Å². The second-order valence-electron chi connectivity index (χ2n) is 8.08. The van der Waals surface area contributed by atoms with E-state index in [1.165, 1.54) is 25.7 Å². The summed E-state index contributed by atoms with van der Waals surface area (Å²) in [6.45, 7) is 0.706. The molecule has 0 spiro atoms. The number of fused-ring (bicyclic) bond motifs is 2. The van der Waals surface area contributed by atoms with Crippen molar-refractivity contribution in [2.24, 2.45) is 17.8 Å². The van der Waals surface area contributed by atoms with Crippen molar-refractivity contribution in [2.75, 3.05) is 23.9 Å². The number of benzene rings is 1. The zero-order chi connectivity index (χ0) is 18.1. The lowest BCUT2D eigenvalue weighted by atomic mass is 9.86. The largest absolute Gasteiger partial charge is 0.495 e. The third kappa shape index (κ3) is 3.44. The Hall–Kier alpha value is -2.04. The number of piperidine rings is 1. The van der Waals surface area contributed by atoms with E-state index in [0.29, 0.717) is 31.1 Å². The van der Waals surface area contributed by atoms with Crippen molar-refractivity contribution in [3.63, 3.8) is 0 Å². The Morgan fingerprint density at radius 2 is 2.15 bits per heavy atom. The van der Waals surface area contributed by atoms with Gasteiger partial charge in [-0.3, -0.25) is 9.59 Å². The van der Waals surface area contributed by atoms with E-state index in [0.717, 1.165) is 36.1 Å². The molecule has 3 atom stereocenters. The molecule has 3 aliphatic rings. The number of nitrogens with zero attached hydrogens (tertiary/aromatic N) is 1. The number of ether oxygens (including phenoxy) is 1. The summed E-state index contributed by atoms with van der Waals surface area (Å²) in [7, 11) is 1.61. The molecule has 1 N–H and O–H groups in total. The van der Waals surface area contributed by atoms with E-state index in [1.807, 2.05) is 18.2 Å². The van der Waals surface area contributed by atoms with Gasteiger partial charge in [0.2, 0.25) is 11.8 Å². The Bertz CT molecular complexity index is 702. The monoisotopic (exact) mass is 356 g/mol. The van der Waals surface area contributed by atoms with Crippen LogP contribution in [-0.2, 0) is 9.59 Å². The highest BCUT2D eigenvalue weighted by molar-refractivity contribution is 5.97. The van der Waals surface area contributed by atoms with Crippen LogP contribution in [0, 0.1) is 17.8 Å². The summed E-state index contributed by atoms with van der Waals surface area (Å²) in [5.74, 6) is 3.05. The van der Waals surface area contributed by atoms with E-state index < -0.39 is 0 Å². The van der Waals surface area contributed by atoms with Crippen molar-refractivity contribution in [1.29, 1.82) is 0 Å². The molecule has 0 radical (unpaired) electrons. The molecule has 2 amide bonds. The van der Waals surface area contributed by atoms with Crippen molar-refractivity contribution in [2.45, 2.75) is 51.4 Å². The van der Waals surface area contributed by atoms with Crippen LogP contribution in [0.1, 0.15) is 51.4 Å². The Kier molecular flexibility index (Phi) is 4.88. The summed E-state index contributed by atoms with van der Waals surface area (Å²) in [5, 5.41) is 3.04. The number of nitrogens with one attached hydrogen (secondary N) is 1. The summed E-state index contributed by atoms with van der Waals surface area (Å²) < 4.78 is 5.44. The maximum absolute atomic E-state index is 12.5. The SMILES string of the molecule is COc1ccc(NC(=O)CC2CC3CCC2C3)cc1N1CCCCC1=O. The Morgan fingerprint density at radius 3 is 2.85 bits per heavy atom. The molecule has 1 aliphatic heterocycles. The van der Waals surface area contributed by atoms with Crippen LogP contribution in [0.5, 0.6) is 5.75 Å². The van der Waals surface area contributed by atoms with E-state index in [-0.39, 0.29) is 11.8 Å². The van der Waals surface area contributed by atoms with Crippen LogP contribution in [0.4, 0.5) is 11.4 Å². The van der Waals surface area contributed by atoms with Crippen LogP contribution in [0.15, 0.2) is 18.2 Å². The lowest BCUT2D eigenvalue weighted by molar-refractivity contribution is -0.119. The predicted molar refractivity (Wildman–Crippen MR) is 101 cm³/mol. The molecule has 26 heavy (non-hydrogen) atoms. The Labute approximate surface area is 155 Å². The fourth-order valence-electron chi connectivity index (χ4n) is 5.12. The van der Waals surface area contributed by atoms with E-state index in [4.69, 9.17) is 4.74 Å². The van der Waals surface area contributed by atoms with Gasteiger partial charge in [-0.2, -0.15) is 0 Å². The Morgan fingerprint density at radius 1 is 1.27 bits per heavy atom. The second kappa shape index (κ2) is 7.29. The standard InChI is InChI=1S/C21H28N2O3/c1-26-19-8-7-17(13-18(19)23-9-3-2-4-21(23)25)22-20(24)12-16-11-14-5-6-15(16)10-14/h7-8,13-16H,2-6,9-12H2,1H3,(H,22,24). The van der Waals surface area contributed by atoms with Crippen LogP contribution in [0.25, 0.3) is 0 Å².